The molecule has 25 heavy (non-hydrogen) atoms. The van der Waals surface area contributed by atoms with E-state index in [0.29, 0.717) is 5.71 Å². The minimum atomic E-state index is -0.559. The zero-order valence-corrected chi connectivity index (χ0v) is 13.7. The van der Waals surface area contributed by atoms with Gasteiger partial charge in [-0.3, -0.25) is 10.1 Å². The number of fused-ring (bicyclic) bond motifs is 1. The highest BCUT2D eigenvalue weighted by molar-refractivity contribution is 6.01. The molecule has 7 heteroatoms. The molecule has 1 heterocycles. The second-order valence-corrected chi connectivity index (χ2v) is 5.28. The molecule has 0 unspecified atom stereocenters. The average Bonchev–Trinajstić information content (AvgIpc) is 2.65. The Kier molecular flexibility index (Phi) is 4.56. The Hall–Kier alpha value is -3.48. The first-order chi connectivity index (χ1) is 12.1. The Labute approximate surface area is 143 Å². The number of nitrogens with zero attached hydrogens (tertiary/aromatic N) is 3. The fraction of sp³-hybridized carbons (Fsp3) is 0.111. The first-order valence-corrected chi connectivity index (χ1v) is 7.47. The van der Waals surface area contributed by atoms with E-state index < -0.39 is 4.92 Å². The Morgan fingerprint density at radius 3 is 2.68 bits per heavy atom. The van der Waals surface area contributed by atoms with Crippen molar-refractivity contribution >= 4 is 22.2 Å². The molecule has 0 aliphatic rings. The van der Waals surface area contributed by atoms with Crippen LogP contribution in [0.4, 0.5) is 5.69 Å². The van der Waals surface area contributed by atoms with E-state index in [4.69, 9.17) is 9.57 Å². The lowest BCUT2D eigenvalue weighted by Crippen LogP contribution is -2.00. The van der Waals surface area contributed by atoms with Crippen LogP contribution >= 0.6 is 0 Å². The molecule has 0 spiro atoms. The van der Waals surface area contributed by atoms with Crippen LogP contribution in [-0.2, 0) is 0 Å². The quantitative estimate of drug-likeness (QED) is 0.399. The maximum Gasteiger partial charge on any atom is 0.333 e. The SMILES string of the molecule is COc1ccc2cc(C(C)=NOc3ncccc3[N+](=O)[O-])ccc2c1. The monoisotopic (exact) mass is 337 g/mol. The summed E-state index contributed by atoms with van der Waals surface area (Å²) in [6.45, 7) is 1.76. The predicted molar refractivity (Wildman–Crippen MR) is 94.2 cm³/mol. The van der Waals surface area contributed by atoms with E-state index in [1.807, 2.05) is 36.4 Å². The first kappa shape index (κ1) is 16.4. The molecule has 2 aromatic carbocycles. The third-order valence-corrected chi connectivity index (χ3v) is 3.68. The van der Waals surface area contributed by atoms with Gasteiger partial charge in [-0.2, -0.15) is 0 Å². The molecule has 0 saturated heterocycles. The van der Waals surface area contributed by atoms with Gasteiger partial charge in [-0.25, -0.2) is 4.98 Å². The largest absolute Gasteiger partial charge is 0.497 e. The van der Waals surface area contributed by atoms with E-state index in [0.717, 1.165) is 22.1 Å². The summed E-state index contributed by atoms with van der Waals surface area (Å²) in [5, 5.41) is 17.0. The molecule has 3 aromatic rings. The Balaban J connectivity index is 1.87. The van der Waals surface area contributed by atoms with Crippen molar-refractivity contribution in [3.63, 3.8) is 0 Å². The van der Waals surface area contributed by atoms with E-state index in [2.05, 4.69) is 10.1 Å². The third-order valence-electron chi connectivity index (χ3n) is 3.68. The lowest BCUT2D eigenvalue weighted by atomic mass is 10.0. The van der Waals surface area contributed by atoms with Crippen LogP contribution in [0.2, 0.25) is 0 Å². The summed E-state index contributed by atoms with van der Waals surface area (Å²) in [4.78, 5) is 19.4. The summed E-state index contributed by atoms with van der Waals surface area (Å²) in [5.41, 5.74) is 1.19. The number of benzene rings is 2. The summed E-state index contributed by atoms with van der Waals surface area (Å²) >= 11 is 0. The van der Waals surface area contributed by atoms with Crippen molar-refractivity contribution in [3.8, 4) is 11.6 Å². The van der Waals surface area contributed by atoms with Crippen LogP contribution in [0, 0.1) is 10.1 Å². The maximum atomic E-state index is 11.0. The van der Waals surface area contributed by atoms with E-state index >= 15 is 0 Å². The van der Waals surface area contributed by atoms with Gasteiger partial charge in [0.2, 0.25) is 0 Å². The fourth-order valence-corrected chi connectivity index (χ4v) is 2.33. The Morgan fingerprint density at radius 1 is 1.16 bits per heavy atom. The number of hydrogen-bond donors (Lipinski definition) is 0. The lowest BCUT2D eigenvalue weighted by molar-refractivity contribution is -0.386. The van der Waals surface area contributed by atoms with Gasteiger partial charge >= 0.3 is 11.6 Å². The second kappa shape index (κ2) is 6.96. The van der Waals surface area contributed by atoms with Crippen molar-refractivity contribution in [1.82, 2.24) is 4.98 Å². The van der Waals surface area contributed by atoms with Crippen LogP contribution in [0.25, 0.3) is 10.8 Å². The van der Waals surface area contributed by atoms with Crippen LogP contribution in [0.3, 0.4) is 0 Å². The molecule has 0 fully saturated rings. The second-order valence-electron chi connectivity index (χ2n) is 5.28. The molecule has 1 aromatic heterocycles. The van der Waals surface area contributed by atoms with Crippen molar-refractivity contribution in [1.29, 1.82) is 0 Å². The van der Waals surface area contributed by atoms with Gasteiger partial charge < -0.3 is 9.57 Å². The highest BCUT2D eigenvalue weighted by Crippen LogP contribution is 2.24. The van der Waals surface area contributed by atoms with Gasteiger partial charge in [0.25, 0.3) is 0 Å². The van der Waals surface area contributed by atoms with Crippen molar-refractivity contribution in [2.24, 2.45) is 5.16 Å². The van der Waals surface area contributed by atoms with Crippen molar-refractivity contribution in [2.75, 3.05) is 7.11 Å². The molecule has 3 rings (SSSR count). The number of aromatic nitrogens is 1. The number of nitro groups is 1. The van der Waals surface area contributed by atoms with Crippen LogP contribution in [0.1, 0.15) is 12.5 Å². The van der Waals surface area contributed by atoms with E-state index in [1.165, 1.54) is 18.3 Å². The third kappa shape index (κ3) is 3.55. The summed E-state index contributed by atoms with van der Waals surface area (Å²) in [7, 11) is 1.63. The van der Waals surface area contributed by atoms with Crippen molar-refractivity contribution < 1.29 is 14.5 Å². The van der Waals surface area contributed by atoms with Crippen LogP contribution < -0.4 is 9.57 Å². The number of pyridine rings is 1. The summed E-state index contributed by atoms with van der Waals surface area (Å²) in [6.07, 6.45) is 1.41. The minimum absolute atomic E-state index is 0.141. The fourth-order valence-electron chi connectivity index (χ4n) is 2.33. The Morgan fingerprint density at radius 2 is 1.92 bits per heavy atom. The Bertz CT molecular complexity index is 969. The van der Waals surface area contributed by atoms with Gasteiger partial charge in [-0.05, 0) is 47.5 Å². The molecular formula is C18H15N3O4. The molecule has 0 aliphatic carbocycles. The van der Waals surface area contributed by atoms with Gasteiger partial charge in [0.1, 0.15) is 5.75 Å². The van der Waals surface area contributed by atoms with Gasteiger partial charge in [-0.1, -0.05) is 23.4 Å². The molecule has 0 atom stereocenters. The normalized spacial score (nSPS) is 11.4. The smallest absolute Gasteiger partial charge is 0.333 e. The molecule has 0 aliphatic heterocycles. The van der Waals surface area contributed by atoms with Crippen LogP contribution in [0.5, 0.6) is 11.6 Å². The van der Waals surface area contributed by atoms with Crippen LogP contribution in [-0.4, -0.2) is 22.7 Å². The number of oxime groups is 1. The summed E-state index contributed by atoms with van der Waals surface area (Å²) in [5.74, 6) is 0.647. The topological polar surface area (TPSA) is 86.8 Å². The molecular weight excluding hydrogens is 322 g/mol. The number of ether oxygens (including phenoxy) is 1. The van der Waals surface area contributed by atoms with Gasteiger partial charge in [-0.15, -0.1) is 0 Å². The number of hydrogen-bond acceptors (Lipinski definition) is 6. The minimum Gasteiger partial charge on any atom is -0.497 e. The maximum absolute atomic E-state index is 11.0. The van der Waals surface area contributed by atoms with Crippen molar-refractivity contribution in [2.45, 2.75) is 6.92 Å². The average molecular weight is 337 g/mol. The zero-order chi connectivity index (χ0) is 17.8. The summed E-state index contributed by atoms with van der Waals surface area (Å²) < 4.78 is 5.21. The summed E-state index contributed by atoms with van der Waals surface area (Å²) in [6, 6.07) is 14.4. The number of rotatable bonds is 5. The van der Waals surface area contributed by atoms with Gasteiger partial charge in [0.15, 0.2) is 0 Å². The first-order valence-electron chi connectivity index (χ1n) is 7.47. The molecule has 126 valence electrons. The molecule has 7 nitrogen and oxygen atoms in total. The van der Waals surface area contributed by atoms with Gasteiger partial charge in [0, 0.05) is 12.3 Å². The van der Waals surface area contributed by atoms with Crippen LogP contribution in [0.15, 0.2) is 59.9 Å². The molecule has 0 saturated carbocycles. The zero-order valence-electron chi connectivity index (χ0n) is 13.7. The van der Waals surface area contributed by atoms with Gasteiger partial charge in [0.05, 0.1) is 17.7 Å². The lowest BCUT2D eigenvalue weighted by Gasteiger charge is -2.06. The van der Waals surface area contributed by atoms with E-state index in [-0.39, 0.29) is 11.6 Å². The number of methoxy groups -OCH3 is 1. The molecule has 0 bridgehead atoms. The highest BCUT2D eigenvalue weighted by Gasteiger charge is 2.16. The standard InChI is InChI=1S/C18H15N3O4/c1-12(20-25-18-17(21(22)23)4-3-9-19-18)13-5-6-15-11-16(24-2)8-7-14(15)10-13/h3-11H,1-2H3. The highest BCUT2D eigenvalue weighted by atomic mass is 16.7. The van der Waals surface area contributed by atoms with E-state index in [9.17, 15) is 10.1 Å². The molecule has 0 radical (unpaired) electrons. The molecule has 0 N–H and O–H groups in total. The van der Waals surface area contributed by atoms with Crippen molar-refractivity contribution in [3.05, 3.63) is 70.4 Å². The predicted octanol–water partition coefficient (Wildman–Crippen LogP) is 3.95. The molecule has 0 amide bonds. The van der Waals surface area contributed by atoms with E-state index in [1.54, 1.807) is 14.0 Å².